The van der Waals surface area contributed by atoms with Crippen LogP contribution in [0.5, 0.6) is 0 Å². The fourth-order valence-corrected chi connectivity index (χ4v) is 4.37. The van der Waals surface area contributed by atoms with Crippen molar-refractivity contribution in [1.82, 2.24) is 9.78 Å². The van der Waals surface area contributed by atoms with Gasteiger partial charge in [0.15, 0.2) is 0 Å². The van der Waals surface area contributed by atoms with E-state index in [1.54, 1.807) is 0 Å². The second-order valence-electron chi connectivity index (χ2n) is 5.67. The zero-order valence-corrected chi connectivity index (χ0v) is 12.7. The molecule has 2 aromatic rings. The molecule has 1 aliphatic heterocycles. The molecule has 108 valence electrons. The number of amides is 1. The summed E-state index contributed by atoms with van der Waals surface area (Å²) in [6.45, 7) is 0. The molecular weight excluding hydrogens is 282 g/mol. The number of rotatable bonds is 2. The van der Waals surface area contributed by atoms with Crippen molar-refractivity contribution in [1.29, 1.82) is 0 Å². The molecule has 2 heterocycles. The van der Waals surface area contributed by atoms with E-state index < -0.39 is 0 Å². The number of aromatic nitrogens is 2. The van der Waals surface area contributed by atoms with Crippen LogP contribution in [0.2, 0.25) is 0 Å². The molecule has 1 unspecified atom stereocenters. The molecule has 0 bridgehead atoms. The highest BCUT2D eigenvalue weighted by Gasteiger charge is 2.30. The number of hydrogen-bond acceptors (Lipinski definition) is 3. The molecule has 1 aromatic carbocycles. The zero-order valence-electron chi connectivity index (χ0n) is 11.9. The normalized spacial score (nSPS) is 19.4. The van der Waals surface area contributed by atoms with Crippen molar-refractivity contribution in [2.24, 2.45) is 7.05 Å². The molecule has 2 aliphatic rings. The Morgan fingerprint density at radius 2 is 2.24 bits per heavy atom. The number of benzene rings is 1. The van der Waals surface area contributed by atoms with Crippen LogP contribution in [0, 0.1) is 0 Å². The van der Waals surface area contributed by atoms with Crippen molar-refractivity contribution in [3.63, 3.8) is 0 Å². The standard InChI is InChI=1S/C16H17N3OS/c1-19-15(13-8-21-9-14(13)18-19)17-16(20)12-7-6-10-4-2-3-5-11(10)12/h2-5,12H,6-9H2,1H3,(H,17,20). The van der Waals surface area contributed by atoms with Gasteiger partial charge in [-0.1, -0.05) is 24.3 Å². The molecule has 1 N–H and O–H groups in total. The van der Waals surface area contributed by atoms with Crippen LogP contribution < -0.4 is 5.32 Å². The predicted octanol–water partition coefficient (Wildman–Crippen LogP) is 2.84. The number of nitrogens with one attached hydrogen (secondary N) is 1. The second-order valence-corrected chi connectivity index (χ2v) is 6.66. The minimum atomic E-state index is -0.0270. The summed E-state index contributed by atoms with van der Waals surface area (Å²) in [5.74, 6) is 2.85. The van der Waals surface area contributed by atoms with E-state index in [1.165, 1.54) is 16.7 Å². The number of nitrogens with zero attached hydrogens (tertiary/aromatic N) is 2. The molecule has 1 atom stereocenters. The fraction of sp³-hybridized carbons (Fsp3) is 0.375. The van der Waals surface area contributed by atoms with Crippen LogP contribution in [0.15, 0.2) is 24.3 Å². The van der Waals surface area contributed by atoms with Gasteiger partial charge in [-0.15, -0.1) is 0 Å². The average molecular weight is 299 g/mol. The lowest BCUT2D eigenvalue weighted by Crippen LogP contribution is -2.21. The molecule has 0 fully saturated rings. The van der Waals surface area contributed by atoms with Crippen LogP contribution in [-0.2, 0) is 29.8 Å². The third-order valence-electron chi connectivity index (χ3n) is 4.40. The van der Waals surface area contributed by atoms with Crippen LogP contribution in [-0.4, -0.2) is 15.7 Å². The van der Waals surface area contributed by atoms with E-state index in [9.17, 15) is 4.79 Å². The molecule has 5 heteroatoms. The average Bonchev–Trinajstić information content (AvgIpc) is 3.15. The lowest BCUT2D eigenvalue weighted by Gasteiger charge is -2.13. The SMILES string of the molecule is Cn1nc2c(c1NC(=O)C1CCc3ccccc31)CSC2. The first-order chi connectivity index (χ1) is 10.2. The molecule has 21 heavy (non-hydrogen) atoms. The Morgan fingerprint density at radius 1 is 1.38 bits per heavy atom. The van der Waals surface area contributed by atoms with Crippen LogP contribution >= 0.6 is 11.8 Å². The van der Waals surface area contributed by atoms with E-state index in [0.29, 0.717) is 0 Å². The van der Waals surface area contributed by atoms with Crippen LogP contribution in [0.25, 0.3) is 0 Å². The lowest BCUT2D eigenvalue weighted by atomic mass is 10.0. The Morgan fingerprint density at radius 3 is 3.14 bits per heavy atom. The maximum Gasteiger partial charge on any atom is 0.233 e. The quantitative estimate of drug-likeness (QED) is 0.927. The molecular formula is C16H17N3OS. The third-order valence-corrected chi connectivity index (χ3v) is 5.38. The number of aryl methyl sites for hydroxylation is 2. The van der Waals surface area contributed by atoms with Crippen molar-refractivity contribution in [3.8, 4) is 0 Å². The van der Waals surface area contributed by atoms with Crippen molar-refractivity contribution >= 4 is 23.5 Å². The van der Waals surface area contributed by atoms with Crippen molar-refractivity contribution in [3.05, 3.63) is 46.6 Å². The highest BCUT2D eigenvalue weighted by Crippen LogP contribution is 2.37. The summed E-state index contributed by atoms with van der Waals surface area (Å²) in [4.78, 5) is 12.7. The van der Waals surface area contributed by atoms with E-state index in [-0.39, 0.29) is 11.8 Å². The van der Waals surface area contributed by atoms with Gasteiger partial charge in [-0.05, 0) is 24.0 Å². The monoisotopic (exact) mass is 299 g/mol. The van der Waals surface area contributed by atoms with Gasteiger partial charge in [0.2, 0.25) is 5.91 Å². The molecule has 0 saturated heterocycles. The Bertz CT molecular complexity index is 722. The number of hydrogen-bond donors (Lipinski definition) is 1. The van der Waals surface area contributed by atoms with Gasteiger partial charge in [0, 0.05) is 24.1 Å². The first kappa shape index (κ1) is 13.0. The molecule has 0 saturated carbocycles. The second kappa shape index (κ2) is 4.91. The lowest BCUT2D eigenvalue weighted by molar-refractivity contribution is -0.117. The molecule has 1 aromatic heterocycles. The van der Waals surface area contributed by atoms with Gasteiger partial charge >= 0.3 is 0 Å². The number of anilines is 1. The summed E-state index contributed by atoms with van der Waals surface area (Å²) < 4.78 is 1.81. The van der Waals surface area contributed by atoms with E-state index in [0.717, 1.165) is 35.9 Å². The largest absolute Gasteiger partial charge is 0.310 e. The summed E-state index contributed by atoms with van der Waals surface area (Å²) in [5, 5.41) is 7.62. The summed E-state index contributed by atoms with van der Waals surface area (Å²) in [6.07, 6.45) is 1.90. The third kappa shape index (κ3) is 2.07. The Kier molecular flexibility index (Phi) is 3.03. The van der Waals surface area contributed by atoms with Crippen LogP contribution in [0.4, 0.5) is 5.82 Å². The number of thioether (sulfide) groups is 1. The Hall–Kier alpha value is -1.75. The number of carbonyl (C=O) groups is 1. The smallest absolute Gasteiger partial charge is 0.233 e. The summed E-state index contributed by atoms with van der Waals surface area (Å²) in [7, 11) is 1.90. The summed E-state index contributed by atoms with van der Waals surface area (Å²) in [6, 6.07) is 8.27. The molecule has 1 aliphatic carbocycles. The Labute approximate surface area is 127 Å². The first-order valence-corrected chi connectivity index (χ1v) is 8.40. The maximum absolute atomic E-state index is 12.7. The van der Waals surface area contributed by atoms with Gasteiger partial charge in [-0.2, -0.15) is 16.9 Å². The predicted molar refractivity (Wildman–Crippen MR) is 84.3 cm³/mol. The van der Waals surface area contributed by atoms with Crippen LogP contribution in [0.3, 0.4) is 0 Å². The molecule has 0 spiro atoms. The van der Waals surface area contributed by atoms with Crippen LogP contribution in [0.1, 0.15) is 34.7 Å². The first-order valence-electron chi connectivity index (χ1n) is 7.25. The molecule has 1 amide bonds. The van der Waals surface area contributed by atoms with Gasteiger partial charge in [0.1, 0.15) is 5.82 Å². The topological polar surface area (TPSA) is 46.9 Å². The van der Waals surface area contributed by atoms with E-state index in [1.807, 2.05) is 35.6 Å². The maximum atomic E-state index is 12.7. The van der Waals surface area contributed by atoms with Gasteiger partial charge in [-0.25, -0.2) is 0 Å². The molecule has 4 nitrogen and oxygen atoms in total. The minimum absolute atomic E-state index is 0.0270. The number of fused-ring (bicyclic) bond motifs is 2. The van der Waals surface area contributed by atoms with Gasteiger partial charge in [0.05, 0.1) is 11.6 Å². The van der Waals surface area contributed by atoms with Gasteiger partial charge < -0.3 is 5.32 Å². The van der Waals surface area contributed by atoms with Crippen molar-refractivity contribution < 1.29 is 4.79 Å². The van der Waals surface area contributed by atoms with Crippen molar-refractivity contribution in [2.45, 2.75) is 30.3 Å². The van der Waals surface area contributed by atoms with Gasteiger partial charge in [0.25, 0.3) is 0 Å². The number of carbonyl (C=O) groups excluding carboxylic acids is 1. The molecule has 0 radical (unpaired) electrons. The Balaban J connectivity index is 1.60. The summed E-state index contributed by atoms with van der Waals surface area (Å²) >= 11 is 1.85. The van der Waals surface area contributed by atoms with Gasteiger partial charge in [-0.3, -0.25) is 9.48 Å². The highest BCUT2D eigenvalue weighted by atomic mass is 32.2. The fourth-order valence-electron chi connectivity index (χ4n) is 3.33. The summed E-state index contributed by atoms with van der Waals surface area (Å²) in [5.41, 5.74) is 4.80. The van der Waals surface area contributed by atoms with Crippen molar-refractivity contribution in [2.75, 3.05) is 5.32 Å². The van der Waals surface area contributed by atoms with E-state index in [2.05, 4.69) is 22.5 Å². The van der Waals surface area contributed by atoms with E-state index >= 15 is 0 Å². The zero-order chi connectivity index (χ0) is 14.4. The highest BCUT2D eigenvalue weighted by molar-refractivity contribution is 7.98. The molecule has 4 rings (SSSR count). The minimum Gasteiger partial charge on any atom is -0.310 e. The van der Waals surface area contributed by atoms with E-state index in [4.69, 9.17) is 0 Å².